The van der Waals surface area contributed by atoms with Crippen LogP contribution >= 0.6 is 0 Å². The lowest BCUT2D eigenvalue weighted by atomic mass is 10.2. The van der Waals surface area contributed by atoms with Crippen LogP contribution in [0.25, 0.3) is 0 Å². The van der Waals surface area contributed by atoms with Crippen molar-refractivity contribution in [1.82, 2.24) is 10.6 Å². The molecule has 0 bridgehead atoms. The van der Waals surface area contributed by atoms with Gasteiger partial charge in [-0.1, -0.05) is 0 Å². The molecule has 0 aliphatic carbocycles. The van der Waals surface area contributed by atoms with E-state index in [2.05, 4.69) is 15.6 Å². The van der Waals surface area contributed by atoms with E-state index in [-0.39, 0.29) is 6.09 Å². The predicted octanol–water partition coefficient (Wildman–Crippen LogP) is 0.842. The summed E-state index contributed by atoms with van der Waals surface area (Å²) in [6, 6.07) is 0. The Morgan fingerprint density at radius 1 is 1.20 bits per heavy atom. The quantitative estimate of drug-likeness (QED) is 0.349. The van der Waals surface area contributed by atoms with E-state index < -0.39 is 5.60 Å². The molecule has 0 aliphatic rings. The van der Waals surface area contributed by atoms with E-state index >= 15 is 0 Å². The second-order valence-electron chi connectivity index (χ2n) is 5.32. The van der Waals surface area contributed by atoms with Crippen LogP contribution in [-0.4, -0.2) is 51.0 Å². The standard InChI is InChI=1S/C13H28N4O3/c1-13(2,3)20-12(18)17-8-6-5-7-15-11(14)16-9-10-19-4/h5-10H2,1-4H3,(H,17,18)(H3,14,15,16). The van der Waals surface area contributed by atoms with Crippen molar-refractivity contribution < 1.29 is 14.3 Å². The number of carbonyl (C=O) groups is 1. The second-order valence-corrected chi connectivity index (χ2v) is 5.32. The topological polar surface area (TPSA) is 98.0 Å². The van der Waals surface area contributed by atoms with Crippen LogP contribution in [-0.2, 0) is 9.47 Å². The van der Waals surface area contributed by atoms with Gasteiger partial charge in [0.05, 0.1) is 6.61 Å². The summed E-state index contributed by atoms with van der Waals surface area (Å²) in [6.07, 6.45) is 1.29. The van der Waals surface area contributed by atoms with Crippen molar-refractivity contribution in [3.8, 4) is 0 Å². The Balaban J connectivity index is 3.52. The van der Waals surface area contributed by atoms with Crippen LogP contribution in [0.2, 0.25) is 0 Å². The Labute approximate surface area is 121 Å². The summed E-state index contributed by atoms with van der Waals surface area (Å²) in [5.41, 5.74) is 5.18. The number of unbranched alkanes of at least 4 members (excludes halogenated alkanes) is 1. The first-order valence-corrected chi connectivity index (χ1v) is 6.84. The number of hydrogen-bond donors (Lipinski definition) is 3. The van der Waals surface area contributed by atoms with Gasteiger partial charge in [0.1, 0.15) is 5.60 Å². The summed E-state index contributed by atoms with van der Waals surface area (Å²) in [4.78, 5) is 15.5. The van der Waals surface area contributed by atoms with Gasteiger partial charge in [-0.25, -0.2) is 4.79 Å². The highest BCUT2D eigenvalue weighted by molar-refractivity contribution is 5.77. The molecule has 0 heterocycles. The summed E-state index contributed by atoms with van der Waals surface area (Å²) in [7, 11) is 1.63. The molecule has 7 heteroatoms. The molecule has 0 fully saturated rings. The van der Waals surface area contributed by atoms with E-state index in [4.69, 9.17) is 15.2 Å². The minimum atomic E-state index is -0.462. The number of amides is 1. The van der Waals surface area contributed by atoms with Crippen molar-refractivity contribution in [2.75, 3.05) is 33.4 Å². The number of rotatable bonds is 8. The van der Waals surface area contributed by atoms with Crippen LogP contribution in [0, 0.1) is 0 Å². The smallest absolute Gasteiger partial charge is 0.407 e. The molecule has 0 aromatic heterocycles. The third-order valence-corrected chi connectivity index (χ3v) is 2.15. The molecule has 0 radical (unpaired) electrons. The van der Waals surface area contributed by atoms with Crippen LogP contribution in [0.1, 0.15) is 33.6 Å². The minimum Gasteiger partial charge on any atom is -0.444 e. The Morgan fingerprint density at radius 3 is 2.50 bits per heavy atom. The van der Waals surface area contributed by atoms with Crippen molar-refractivity contribution >= 4 is 12.1 Å². The zero-order valence-electron chi connectivity index (χ0n) is 13.0. The van der Waals surface area contributed by atoms with Crippen LogP contribution in [0.3, 0.4) is 0 Å². The number of alkyl carbamates (subject to hydrolysis) is 1. The lowest BCUT2D eigenvalue weighted by molar-refractivity contribution is 0.0527. The Hall–Kier alpha value is -1.50. The van der Waals surface area contributed by atoms with E-state index in [0.717, 1.165) is 12.8 Å². The third kappa shape index (κ3) is 12.9. The molecular formula is C13H28N4O3. The number of nitrogens with one attached hydrogen (secondary N) is 2. The number of ether oxygens (including phenoxy) is 2. The van der Waals surface area contributed by atoms with Crippen molar-refractivity contribution in [2.24, 2.45) is 10.7 Å². The zero-order chi connectivity index (χ0) is 15.4. The van der Waals surface area contributed by atoms with E-state index in [1.54, 1.807) is 7.11 Å². The molecule has 0 aromatic carbocycles. The Kier molecular flexibility index (Phi) is 9.53. The van der Waals surface area contributed by atoms with Gasteiger partial charge in [-0.05, 0) is 33.6 Å². The number of hydrogen-bond acceptors (Lipinski definition) is 4. The fourth-order valence-electron chi connectivity index (χ4n) is 1.28. The molecule has 7 nitrogen and oxygen atoms in total. The molecule has 4 N–H and O–H groups in total. The van der Waals surface area contributed by atoms with Crippen molar-refractivity contribution in [3.05, 3.63) is 0 Å². The number of nitrogens with zero attached hydrogens (tertiary/aromatic N) is 1. The Morgan fingerprint density at radius 2 is 1.90 bits per heavy atom. The first-order valence-electron chi connectivity index (χ1n) is 6.84. The van der Waals surface area contributed by atoms with E-state index in [1.807, 2.05) is 20.8 Å². The van der Waals surface area contributed by atoms with Gasteiger partial charge in [0, 0.05) is 26.7 Å². The highest BCUT2D eigenvalue weighted by Crippen LogP contribution is 2.06. The monoisotopic (exact) mass is 288 g/mol. The maximum Gasteiger partial charge on any atom is 0.407 e. The highest BCUT2D eigenvalue weighted by atomic mass is 16.6. The van der Waals surface area contributed by atoms with Gasteiger partial charge < -0.3 is 25.8 Å². The summed E-state index contributed by atoms with van der Waals surface area (Å²) in [5.74, 6) is 0.419. The molecule has 0 unspecified atom stereocenters. The minimum absolute atomic E-state index is 0.387. The molecule has 0 rings (SSSR count). The lowest BCUT2D eigenvalue weighted by Crippen LogP contribution is -2.34. The van der Waals surface area contributed by atoms with Gasteiger partial charge in [-0.3, -0.25) is 4.99 Å². The zero-order valence-corrected chi connectivity index (χ0v) is 13.0. The molecule has 0 saturated carbocycles. The first-order chi connectivity index (χ1) is 9.35. The number of carbonyl (C=O) groups excluding carboxylic acids is 1. The van der Waals surface area contributed by atoms with Gasteiger partial charge in [0.15, 0.2) is 5.96 Å². The highest BCUT2D eigenvalue weighted by Gasteiger charge is 2.15. The van der Waals surface area contributed by atoms with Gasteiger partial charge in [-0.15, -0.1) is 0 Å². The number of nitrogens with two attached hydrogens (primary N) is 1. The molecule has 0 aromatic rings. The summed E-state index contributed by atoms with van der Waals surface area (Å²) >= 11 is 0. The largest absolute Gasteiger partial charge is 0.444 e. The van der Waals surface area contributed by atoms with Crippen LogP contribution in [0.5, 0.6) is 0 Å². The average molecular weight is 288 g/mol. The first kappa shape index (κ1) is 18.5. The molecule has 0 spiro atoms. The Bertz CT molecular complexity index is 300. The number of aliphatic imine (C=N–C) groups is 1. The fourth-order valence-corrected chi connectivity index (χ4v) is 1.28. The lowest BCUT2D eigenvalue weighted by Gasteiger charge is -2.19. The van der Waals surface area contributed by atoms with E-state index in [1.165, 1.54) is 0 Å². The maximum absolute atomic E-state index is 11.3. The van der Waals surface area contributed by atoms with Crippen LogP contribution in [0.15, 0.2) is 4.99 Å². The van der Waals surface area contributed by atoms with Crippen molar-refractivity contribution in [3.63, 3.8) is 0 Å². The normalized spacial score (nSPS) is 12.1. The van der Waals surface area contributed by atoms with Crippen molar-refractivity contribution in [2.45, 2.75) is 39.2 Å². The predicted molar refractivity (Wildman–Crippen MR) is 79.8 cm³/mol. The summed E-state index contributed by atoms with van der Waals surface area (Å²) in [5, 5.41) is 5.63. The van der Waals surface area contributed by atoms with Gasteiger partial charge in [-0.2, -0.15) is 0 Å². The fraction of sp³-hybridized carbons (Fsp3) is 0.846. The number of methoxy groups -OCH3 is 1. The van der Waals surface area contributed by atoms with Crippen LogP contribution in [0.4, 0.5) is 4.79 Å². The number of guanidine groups is 1. The van der Waals surface area contributed by atoms with Gasteiger partial charge in [0.25, 0.3) is 0 Å². The molecule has 0 saturated heterocycles. The summed E-state index contributed by atoms with van der Waals surface area (Å²) in [6.45, 7) is 7.94. The third-order valence-electron chi connectivity index (χ3n) is 2.15. The van der Waals surface area contributed by atoms with Gasteiger partial charge >= 0.3 is 6.09 Å². The molecule has 0 aliphatic heterocycles. The maximum atomic E-state index is 11.3. The van der Waals surface area contributed by atoms with E-state index in [0.29, 0.717) is 32.2 Å². The van der Waals surface area contributed by atoms with E-state index in [9.17, 15) is 4.79 Å². The molecular weight excluding hydrogens is 260 g/mol. The SMILES string of the molecule is COCCNC(N)=NCCCCNC(=O)OC(C)(C)C. The molecule has 118 valence electrons. The second kappa shape index (κ2) is 10.3. The van der Waals surface area contributed by atoms with Crippen molar-refractivity contribution in [1.29, 1.82) is 0 Å². The van der Waals surface area contributed by atoms with Gasteiger partial charge in [0.2, 0.25) is 0 Å². The molecule has 1 amide bonds. The summed E-state index contributed by atoms with van der Waals surface area (Å²) < 4.78 is 10.00. The molecule has 20 heavy (non-hydrogen) atoms. The average Bonchev–Trinajstić information content (AvgIpc) is 2.31. The van der Waals surface area contributed by atoms with Crippen LogP contribution < -0.4 is 16.4 Å². The molecule has 0 atom stereocenters.